The molecule has 0 spiro atoms. The van der Waals surface area contributed by atoms with Crippen molar-refractivity contribution < 1.29 is 9.94 Å². The lowest BCUT2D eigenvalue weighted by Gasteiger charge is -2.14. The van der Waals surface area contributed by atoms with E-state index < -0.39 is 0 Å². The van der Waals surface area contributed by atoms with Crippen LogP contribution in [0.4, 0.5) is 0 Å². The molecule has 1 atom stereocenters. The normalized spacial score (nSPS) is 13.4. The predicted molar refractivity (Wildman–Crippen MR) is 73.5 cm³/mol. The minimum absolute atomic E-state index is 0.00403. The first kappa shape index (κ1) is 14.6. The summed E-state index contributed by atoms with van der Waals surface area (Å²) in [6.07, 6.45) is 2.23. The molecule has 0 heterocycles. The number of rotatable bonds is 6. The van der Waals surface area contributed by atoms with Gasteiger partial charge in [0.05, 0.1) is 12.2 Å². The van der Waals surface area contributed by atoms with Gasteiger partial charge in [-0.3, -0.25) is 0 Å². The van der Waals surface area contributed by atoms with E-state index in [-0.39, 0.29) is 5.84 Å². The molecule has 5 heteroatoms. The van der Waals surface area contributed by atoms with Crippen molar-refractivity contribution in [1.29, 1.82) is 0 Å². The molecule has 3 N–H and O–H groups in total. The number of hydrogen-bond acceptors (Lipinski definition) is 3. The quantitative estimate of drug-likeness (QED) is 0.361. The van der Waals surface area contributed by atoms with Crippen molar-refractivity contribution >= 4 is 17.4 Å². The third-order valence-electron chi connectivity index (χ3n) is 2.63. The fourth-order valence-electron chi connectivity index (χ4n) is 1.69. The molecule has 4 nitrogen and oxygen atoms in total. The van der Waals surface area contributed by atoms with Gasteiger partial charge in [-0.25, -0.2) is 0 Å². The Kier molecular flexibility index (Phi) is 5.78. The van der Waals surface area contributed by atoms with Crippen LogP contribution in [0.15, 0.2) is 23.4 Å². The second kappa shape index (κ2) is 7.11. The van der Waals surface area contributed by atoms with Crippen LogP contribution in [0.3, 0.4) is 0 Å². The maximum Gasteiger partial charge on any atom is 0.173 e. The highest BCUT2D eigenvalue weighted by molar-refractivity contribution is 6.31. The zero-order valence-corrected chi connectivity index (χ0v) is 11.4. The van der Waals surface area contributed by atoms with Crippen LogP contribution in [0.2, 0.25) is 5.02 Å². The molecule has 0 aliphatic heterocycles. The Bertz CT molecular complexity index is 421. The summed E-state index contributed by atoms with van der Waals surface area (Å²) in [5, 5.41) is 12.2. The summed E-state index contributed by atoms with van der Waals surface area (Å²) in [5.41, 5.74) is 6.10. The van der Waals surface area contributed by atoms with E-state index in [1.54, 1.807) is 18.2 Å². The Morgan fingerprint density at radius 1 is 1.56 bits per heavy atom. The molecule has 0 saturated carbocycles. The number of nitrogens with two attached hydrogens (primary N) is 1. The first-order chi connectivity index (χ1) is 8.58. The second-order valence-corrected chi connectivity index (χ2v) is 4.77. The third-order valence-corrected chi connectivity index (χ3v) is 2.87. The van der Waals surface area contributed by atoms with Crippen LogP contribution in [0.5, 0.6) is 5.75 Å². The Hall–Kier alpha value is -1.42. The maximum atomic E-state index is 8.73. The summed E-state index contributed by atoms with van der Waals surface area (Å²) in [4.78, 5) is 0. The van der Waals surface area contributed by atoms with E-state index in [0.29, 0.717) is 28.9 Å². The van der Waals surface area contributed by atoms with Crippen molar-refractivity contribution in [2.75, 3.05) is 6.61 Å². The van der Waals surface area contributed by atoms with Crippen molar-refractivity contribution in [3.05, 3.63) is 28.8 Å². The van der Waals surface area contributed by atoms with Gasteiger partial charge in [0.15, 0.2) is 5.84 Å². The first-order valence-corrected chi connectivity index (χ1v) is 6.36. The SMILES string of the molecule is CCCC(C)COc1ccc(Cl)cc1/C(N)=N/O. The Morgan fingerprint density at radius 2 is 2.28 bits per heavy atom. The molecule has 0 aliphatic carbocycles. The fourth-order valence-corrected chi connectivity index (χ4v) is 1.86. The largest absolute Gasteiger partial charge is 0.493 e. The number of oxime groups is 1. The molecular formula is C13H19ClN2O2. The molecule has 0 saturated heterocycles. The summed E-state index contributed by atoms with van der Waals surface area (Å²) in [5.74, 6) is 1.04. The van der Waals surface area contributed by atoms with E-state index in [1.165, 1.54) is 0 Å². The van der Waals surface area contributed by atoms with Crippen molar-refractivity contribution in [3.63, 3.8) is 0 Å². The van der Waals surface area contributed by atoms with Gasteiger partial charge >= 0.3 is 0 Å². The van der Waals surface area contributed by atoms with Gasteiger partial charge in [0.25, 0.3) is 0 Å². The zero-order valence-electron chi connectivity index (χ0n) is 10.7. The summed E-state index contributed by atoms with van der Waals surface area (Å²) in [7, 11) is 0. The molecule has 1 aromatic rings. The number of halogens is 1. The standard InChI is InChI=1S/C13H19ClN2O2/c1-3-4-9(2)8-18-12-6-5-10(14)7-11(12)13(15)16-17/h5-7,9,17H,3-4,8H2,1-2H3,(H2,15,16). The van der Waals surface area contributed by atoms with Crippen LogP contribution in [0.25, 0.3) is 0 Å². The predicted octanol–water partition coefficient (Wildman–Crippen LogP) is 3.25. The molecule has 18 heavy (non-hydrogen) atoms. The van der Waals surface area contributed by atoms with E-state index in [9.17, 15) is 0 Å². The average molecular weight is 271 g/mol. The van der Waals surface area contributed by atoms with Gasteiger partial charge in [0, 0.05) is 5.02 Å². The lowest BCUT2D eigenvalue weighted by Crippen LogP contribution is -2.16. The maximum absolute atomic E-state index is 8.73. The molecule has 0 bridgehead atoms. The number of benzene rings is 1. The molecular weight excluding hydrogens is 252 g/mol. The molecule has 1 rings (SSSR count). The van der Waals surface area contributed by atoms with Gasteiger partial charge in [-0.05, 0) is 30.5 Å². The summed E-state index contributed by atoms with van der Waals surface area (Å²) in [6, 6.07) is 5.07. The number of nitrogens with zero attached hydrogens (tertiary/aromatic N) is 1. The lowest BCUT2D eigenvalue weighted by molar-refractivity contribution is 0.251. The van der Waals surface area contributed by atoms with Crippen LogP contribution >= 0.6 is 11.6 Å². The molecule has 1 aromatic carbocycles. The molecule has 0 aromatic heterocycles. The second-order valence-electron chi connectivity index (χ2n) is 4.33. The Labute approximate surface area is 112 Å². The van der Waals surface area contributed by atoms with Crippen molar-refractivity contribution in [1.82, 2.24) is 0 Å². The highest BCUT2D eigenvalue weighted by atomic mass is 35.5. The van der Waals surface area contributed by atoms with E-state index in [0.717, 1.165) is 12.8 Å². The van der Waals surface area contributed by atoms with Crippen LogP contribution < -0.4 is 10.5 Å². The number of amidine groups is 1. The molecule has 0 amide bonds. The van der Waals surface area contributed by atoms with Crippen molar-refractivity contribution in [3.8, 4) is 5.75 Å². The third kappa shape index (κ3) is 4.11. The van der Waals surface area contributed by atoms with Gasteiger partial charge < -0.3 is 15.7 Å². The zero-order chi connectivity index (χ0) is 13.5. The van der Waals surface area contributed by atoms with Gasteiger partial charge in [0.1, 0.15) is 5.75 Å². The Morgan fingerprint density at radius 3 is 2.89 bits per heavy atom. The van der Waals surface area contributed by atoms with Crippen molar-refractivity contribution in [2.45, 2.75) is 26.7 Å². The first-order valence-electron chi connectivity index (χ1n) is 5.98. The summed E-state index contributed by atoms with van der Waals surface area (Å²) in [6.45, 7) is 4.87. The van der Waals surface area contributed by atoms with E-state index >= 15 is 0 Å². The molecule has 100 valence electrons. The summed E-state index contributed by atoms with van der Waals surface area (Å²) < 4.78 is 5.70. The van der Waals surface area contributed by atoms with E-state index in [1.807, 2.05) is 0 Å². The minimum atomic E-state index is -0.00403. The molecule has 0 aliphatic rings. The topological polar surface area (TPSA) is 67.8 Å². The van der Waals surface area contributed by atoms with Crippen molar-refractivity contribution in [2.24, 2.45) is 16.8 Å². The smallest absolute Gasteiger partial charge is 0.173 e. The van der Waals surface area contributed by atoms with Crippen LogP contribution in [-0.2, 0) is 0 Å². The molecule has 0 fully saturated rings. The molecule has 0 radical (unpaired) electrons. The van der Waals surface area contributed by atoms with Gasteiger partial charge in [-0.2, -0.15) is 0 Å². The monoisotopic (exact) mass is 270 g/mol. The van der Waals surface area contributed by atoms with Gasteiger partial charge in [-0.1, -0.05) is 37.0 Å². The van der Waals surface area contributed by atoms with Gasteiger partial charge in [-0.15, -0.1) is 0 Å². The lowest BCUT2D eigenvalue weighted by atomic mass is 10.1. The van der Waals surface area contributed by atoms with E-state index in [2.05, 4.69) is 19.0 Å². The Balaban J connectivity index is 2.82. The summed E-state index contributed by atoms with van der Waals surface area (Å²) >= 11 is 5.88. The highest BCUT2D eigenvalue weighted by Gasteiger charge is 2.10. The fraction of sp³-hybridized carbons (Fsp3) is 0.462. The van der Waals surface area contributed by atoms with Gasteiger partial charge in [0.2, 0.25) is 0 Å². The van der Waals surface area contributed by atoms with Crippen LogP contribution in [-0.4, -0.2) is 17.6 Å². The molecule has 1 unspecified atom stereocenters. The minimum Gasteiger partial charge on any atom is -0.493 e. The number of hydrogen-bond donors (Lipinski definition) is 2. The van der Waals surface area contributed by atoms with E-state index in [4.69, 9.17) is 27.3 Å². The average Bonchev–Trinajstić information content (AvgIpc) is 2.36. The number of ether oxygens (including phenoxy) is 1. The van der Waals surface area contributed by atoms with Crippen LogP contribution in [0, 0.1) is 5.92 Å². The highest BCUT2D eigenvalue weighted by Crippen LogP contribution is 2.23. The van der Waals surface area contributed by atoms with Crippen LogP contribution in [0.1, 0.15) is 32.3 Å².